The molecule has 0 aromatic heterocycles. The van der Waals surface area contributed by atoms with Gasteiger partial charge in [0.25, 0.3) is 15.9 Å². The summed E-state index contributed by atoms with van der Waals surface area (Å²) in [4.78, 5) is 24.4. The van der Waals surface area contributed by atoms with Gasteiger partial charge in [-0.05, 0) is 68.8 Å². The van der Waals surface area contributed by atoms with E-state index in [1.54, 1.807) is 73.7 Å². The Balaban J connectivity index is 1.83. The first-order chi connectivity index (χ1) is 14.6. The number of anilines is 2. The van der Waals surface area contributed by atoms with Crippen LogP contribution < -0.4 is 9.62 Å². The highest BCUT2D eigenvalue weighted by Crippen LogP contribution is 2.26. The quantitative estimate of drug-likeness (QED) is 0.573. The second-order valence-corrected chi connectivity index (χ2v) is 9.35. The highest BCUT2D eigenvalue weighted by atomic mass is 32.2. The van der Waals surface area contributed by atoms with Gasteiger partial charge in [-0.1, -0.05) is 29.8 Å². The van der Waals surface area contributed by atoms with Crippen molar-refractivity contribution in [2.75, 3.05) is 16.7 Å². The van der Waals surface area contributed by atoms with Gasteiger partial charge in [-0.2, -0.15) is 0 Å². The number of hydrogen-bond donors (Lipinski definition) is 1. The number of carbonyl (C=O) groups is 2. The van der Waals surface area contributed by atoms with E-state index in [1.165, 1.54) is 18.3 Å². The molecule has 3 aromatic carbocycles. The van der Waals surface area contributed by atoms with Crippen LogP contribution in [0.4, 0.5) is 11.4 Å². The molecule has 3 rings (SSSR count). The topological polar surface area (TPSA) is 83.6 Å². The summed E-state index contributed by atoms with van der Waals surface area (Å²) >= 11 is 0. The molecule has 0 saturated heterocycles. The lowest BCUT2D eigenvalue weighted by atomic mass is 10.1. The summed E-state index contributed by atoms with van der Waals surface area (Å²) in [5.41, 5.74) is 3.50. The third-order valence-corrected chi connectivity index (χ3v) is 6.79. The zero-order valence-corrected chi connectivity index (χ0v) is 18.7. The minimum absolute atomic E-state index is 0.0888. The second kappa shape index (κ2) is 8.73. The third kappa shape index (κ3) is 4.83. The Morgan fingerprint density at radius 2 is 1.55 bits per heavy atom. The highest BCUT2D eigenvalue weighted by Gasteiger charge is 2.23. The molecule has 0 heterocycles. The smallest absolute Gasteiger partial charge is 0.264 e. The van der Waals surface area contributed by atoms with Crippen LogP contribution in [0.25, 0.3) is 0 Å². The molecule has 3 aromatic rings. The monoisotopic (exact) mass is 436 g/mol. The van der Waals surface area contributed by atoms with Crippen molar-refractivity contribution >= 4 is 33.1 Å². The van der Waals surface area contributed by atoms with Gasteiger partial charge in [0, 0.05) is 23.9 Å². The molecule has 0 bridgehead atoms. The number of Topliss-reactive ketones (excluding diaryl/α,β-unsaturated/α-hetero) is 1. The van der Waals surface area contributed by atoms with Crippen molar-refractivity contribution in [1.82, 2.24) is 0 Å². The van der Waals surface area contributed by atoms with Crippen LogP contribution in [0.5, 0.6) is 0 Å². The Kier molecular flexibility index (Phi) is 6.27. The largest absolute Gasteiger partial charge is 0.322 e. The number of nitrogens with one attached hydrogen (secondary N) is 1. The Hall–Kier alpha value is -3.45. The zero-order chi connectivity index (χ0) is 22.8. The first kappa shape index (κ1) is 22.2. The van der Waals surface area contributed by atoms with Crippen LogP contribution in [0.2, 0.25) is 0 Å². The van der Waals surface area contributed by atoms with E-state index in [1.807, 2.05) is 6.92 Å². The van der Waals surface area contributed by atoms with Gasteiger partial charge in [0.15, 0.2) is 5.78 Å². The lowest BCUT2D eigenvalue weighted by Gasteiger charge is -2.22. The average Bonchev–Trinajstić information content (AvgIpc) is 2.73. The minimum atomic E-state index is -3.73. The van der Waals surface area contributed by atoms with Crippen molar-refractivity contribution in [3.8, 4) is 0 Å². The first-order valence-electron chi connectivity index (χ1n) is 9.68. The van der Waals surface area contributed by atoms with Crippen LogP contribution in [0.3, 0.4) is 0 Å². The lowest BCUT2D eigenvalue weighted by molar-refractivity contribution is 0.101. The molecule has 6 nitrogen and oxygen atoms in total. The summed E-state index contributed by atoms with van der Waals surface area (Å²) in [6.45, 7) is 5.11. The van der Waals surface area contributed by atoms with Gasteiger partial charge in [0.05, 0.1) is 10.6 Å². The number of benzene rings is 3. The third-order valence-electron chi connectivity index (χ3n) is 5.00. The van der Waals surface area contributed by atoms with Crippen LogP contribution in [0.1, 0.15) is 38.8 Å². The molecule has 7 heteroatoms. The van der Waals surface area contributed by atoms with Crippen molar-refractivity contribution in [2.24, 2.45) is 0 Å². The van der Waals surface area contributed by atoms with E-state index in [2.05, 4.69) is 5.32 Å². The van der Waals surface area contributed by atoms with E-state index < -0.39 is 10.0 Å². The fourth-order valence-corrected chi connectivity index (χ4v) is 4.43. The van der Waals surface area contributed by atoms with Gasteiger partial charge >= 0.3 is 0 Å². The van der Waals surface area contributed by atoms with Gasteiger partial charge in [-0.25, -0.2) is 8.42 Å². The zero-order valence-electron chi connectivity index (χ0n) is 17.8. The van der Waals surface area contributed by atoms with E-state index in [9.17, 15) is 18.0 Å². The molecule has 0 fully saturated rings. The molecular formula is C24H24N2O4S. The van der Waals surface area contributed by atoms with Crippen LogP contribution in [-0.4, -0.2) is 27.2 Å². The fourth-order valence-electron chi connectivity index (χ4n) is 3.17. The number of ketones is 1. The van der Waals surface area contributed by atoms with E-state index in [4.69, 9.17) is 0 Å². The molecule has 0 aliphatic carbocycles. The molecule has 0 aliphatic rings. The molecule has 0 atom stereocenters. The van der Waals surface area contributed by atoms with Gasteiger partial charge in [0.2, 0.25) is 0 Å². The predicted octanol–water partition coefficient (Wildman–Crippen LogP) is 4.58. The SMILES string of the molecule is CC(=O)c1cccc(NC(=O)c2ccc(N(C)S(=O)(=O)c3ccc(C)cc3)c(C)c2)c1. The normalized spacial score (nSPS) is 11.1. The molecule has 0 unspecified atom stereocenters. The summed E-state index contributed by atoms with van der Waals surface area (Å²) in [5.74, 6) is -0.437. The van der Waals surface area contributed by atoms with Crippen LogP contribution in [0, 0.1) is 13.8 Å². The molecule has 0 spiro atoms. The van der Waals surface area contributed by atoms with Crippen LogP contribution in [0.15, 0.2) is 71.6 Å². The van der Waals surface area contributed by atoms with Crippen LogP contribution >= 0.6 is 0 Å². The lowest BCUT2D eigenvalue weighted by Crippen LogP contribution is -2.27. The maximum atomic E-state index is 13.0. The average molecular weight is 437 g/mol. The predicted molar refractivity (Wildman–Crippen MR) is 122 cm³/mol. The highest BCUT2D eigenvalue weighted by molar-refractivity contribution is 7.92. The standard InChI is InChI=1S/C24H24N2O4S/c1-16-8-11-22(12-9-16)31(29,30)26(4)23-13-10-20(14-17(23)2)24(28)25-21-7-5-6-19(15-21)18(3)27/h5-15H,1-4H3,(H,25,28). The molecule has 160 valence electrons. The Morgan fingerprint density at radius 3 is 2.16 bits per heavy atom. The molecule has 1 N–H and O–H groups in total. The molecule has 0 saturated carbocycles. The van der Waals surface area contributed by atoms with Crippen molar-refractivity contribution in [3.05, 3.63) is 89.0 Å². The minimum Gasteiger partial charge on any atom is -0.322 e. The summed E-state index contributed by atoms with van der Waals surface area (Å²) in [6, 6.07) is 18.2. The molecule has 0 aliphatic heterocycles. The van der Waals surface area contributed by atoms with Crippen molar-refractivity contribution < 1.29 is 18.0 Å². The molecular weight excluding hydrogens is 412 g/mol. The number of hydrogen-bond acceptors (Lipinski definition) is 4. The number of carbonyl (C=O) groups excluding carboxylic acids is 2. The summed E-state index contributed by atoms with van der Waals surface area (Å²) in [5, 5.41) is 2.77. The van der Waals surface area contributed by atoms with Crippen molar-refractivity contribution in [1.29, 1.82) is 0 Å². The second-order valence-electron chi connectivity index (χ2n) is 7.38. The van der Waals surface area contributed by atoms with Gasteiger partial charge < -0.3 is 5.32 Å². The van der Waals surface area contributed by atoms with Gasteiger partial charge in [-0.15, -0.1) is 0 Å². The number of nitrogens with zero attached hydrogens (tertiary/aromatic N) is 1. The fraction of sp³-hybridized carbons (Fsp3) is 0.167. The summed E-state index contributed by atoms with van der Waals surface area (Å²) in [6.07, 6.45) is 0. The van der Waals surface area contributed by atoms with Crippen LogP contribution in [-0.2, 0) is 10.0 Å². The maximum absolute atomic E-state index is 13.0. The van der Waals surface area contributed by atoms with Gasteiger partial charge in [0.1, 0.15) is 0 Å². The molecule has 31 heavy (non-hydrogen) atoms. The number of sulfonamides is 1. The Bertz CT molecular complexity index is 1250. The molecule has 0 radical (unpaired) electrons. The van der Waals surface area contributed by atoms with E-state index in [0.29, 0.717) is 28.1 Å². The molecule has 1 amide bonds. The summed E-state index contributed by atoms with van der Waals surface area (Å²) in [7, 11) is -2.23. The number of amides is 1. The number of aryl methyl sites for hydroxylation is 2. The number of rotatable bonds is 6. The van der Waals surface area contributed by atoms with Crippen molar-refractivity contribution in [3.63, 3.8) is 0 Å². The first-order valence-corrected chi connectivity index (χ1v) is 11.1. The van der Waals surface area contributed by atoms with Gasteiger partial charge in [-0.3, -0.25) is 13.9 Å². The maximum Gasteiger partial charge on any atom is 0.264 e. The Morgan fingerprint density at radius 1 is 0.871 bits per heavy atom. The van der Waals surface area contributed by atoms with E-state index >= 15 is 0 Å². The summed E-state index contributed by atoms with van der Waals surface area (Å²) < 4.78 is 27.1. The Labute approximate surface area is 182 Å². The van der Waals surface area contributed by atoms with E-state index in [0.717, 1.165) is 5.56 Å². The van der Waals surface area contributed by atoms with E-state index in [-0.39, 0.29) is 16.6 Å². The van der Waals surface area contributed by atoms with Crippen molar-refractivity contribution in [2.45, 2.75) is 25.7 Å².